The smallest absolute Gasteiger partial charge is 0.0207 e. The topological polar surface area (TPSA) is 32.3 Å². The minimum absolute atomic E-state index is 0.744. The van der Waals surface area contributed by atoms with Crippen molar-refractivity contribution in [2.45, 2.75) is 109 Å². The zero-order valence-corrected chi connectivity index (χ0v) is 17.1. The van der Waals surface area contributed by atoms with Gasteiger partial charge in [-0.2, -0.15) is 0 Å². The quantitative estimate of drug-likeness (QED) is 0.198. The van der Waals surface area contributed by atoms with Crippen LogP contribution in [0.3, 0.4) is 0 Å². The van der Waals surface area contributed by atoms with Crippen molar-refractivity contribution in [1.29, 1.82) is 0 Å². The maximum absolute atomic E-state index is 8.48. The van der Waals surface area contributed by atoms with Crippen LogP contribution in [0.1, 0.15) is 108 Å². The van der Waals surface area contributed by atoms with E-state index in [0.717, 1.165) is 13.0 Å². The molecule has 0 aliphatic heterocycles. The molecule has 26 heavy (non-hydrogen) atoms. The van der Waals surface area contributed by atoms with Crippen molar-refractivity contribution in [3.63, 3.8) is 0 Å². The fraction of sp³-hybridized carbons (Fsp3) is 0.750. The lowest BCUT2D eigenvalue weighted by Gasteiger charge is -2.04. The van der Waals surface area contributed by atoms with E-state index in [9.17, 15) is 0 Å². The maximum atomic E-state index is 8.48. The number of rotatable bonds is 19. The fourth-order valence-electron chi connectivity index (χ4n) is 3.65. The molecule has 0 aliphatic carbocycles. The zero-order chi connectivity index (χ0) is 18.5. The molecule has 0 heterocycles. The standard InChI is InChI=1S/C24H43NO/c26-25-23-19-14-12-10-8-6-4-2-1-3-5-7-9-11-13-16-20-24-21-17-15-18-22-24/h15,17-18,21-22,25-26H,1-14,16,19-20,23H2. The molecular weight excluding hydrogens is 318 g/mol. The predicted octanol–water partition coefficient (Wildman–Crippen LogP) is 7.45. The van der Waals surface area contributed by atoms with Crippen molar-refractivity contribution >= 4 is 0 Å². The highest BCUT2D eigenvalue weighted by atomic mass is 16.5. The molecular formula is C24H43NO. The Morgan fingerprint density at radius 1 is 0.500 bits per heavy atom. The summed E-state index contributed by atoms with van der Waals surface area (Å²) in [6.07, 6.45) is 23.3. The lowest BCUT2D eigenvalue weighted by molar-refractivity contribution is 0.164. The van der Waals surface area contributed by atoms with Crippen LogP contribution >= 0.6 is 0 Å². The van der Waals surface area contributed by atoms with E-state index in [1.807, 2.05) is 0 Å². The van der Waals surface area contributed by atoms with E-state index in [1.165, 1.54) is 108 Å². The maximum Gasteiger partial charge on any atom is 0.0207 e. The lowest BCUT2D eigenvalue weighted by atomic mass is 10.0. The van der Waals surface area contributed by atoms with Gasteiger partial charge in [0.25, 0.3) is 0 Å². The number of benzene rings is 1. The van der Waals surface area contributed by atoms with E-state index in [2.05, 4.69) is 35.8 Å². The number of aryl methyl sites for hydroxylation is 1. The van der Waals surface area contributed by atoms with E-state index in [-0.39, 0.29) is 0 Å². The first kappa shape index (κ1) is 23.2. The molecule has 0 radical (unpaired) electrons. The molecule has 0 fully saturated rings. The van der Waals surface area contributed by atoms with Crippen LogP contribution < -0.4 is 5.48 Å². The van der Waals surface area contributed by atoms with Crippen molar-refractivity contribution in [3.8, 4) is 0 Å². The summed E-state index contributed by atoms with van der Waals surface area (Å²) in [5, 5.41) is 8.48. The van der Waals surface area contributed by atoms with Gasteiger partial charge in [-0.3, -0.25) is 0 Å². The third kappa shape index (κ3) is 15.4. The van der Waals surface area contributed by atoms with Crippen LogP contribution in [0.4, 0.5) is 0 Å². The first-order valence-corrected chi connectivity index (χ1v) is 11.3. The van der Waals surface area contributed by atoms with Crippen LogP contribution in [-0.4, -0.2) is 11.8 Å². The number of unbranched alkanes of at least 4 members (excludes halogenated alkanes) is 15. The van der Waals surface area contributed by atoms with E-state index in [1.54, 1.807) is 0 Å². The third-order valence-corrected chi connectivity index (χ3v) is 5.35. The predicted molar refractivity (Wildman–Crippen MR) is 114 cm³/mol. The van der Waals surface area contributed by atoms with Crippen LogP contribution in [0, 0.1) is 0 Å². The Labute approximate surface area is 162 Å². The van der Waals surface area contributed by atoms with Crippen LogP contribution in [0.5, 0.6) is 0 Å². The summed E-state index contributed by atoms with van der Waals surface area (Å²) in [5.74, 6) is 0. The summed E-state index contributed by atoms with van der Waals surface area (Å²) in [6.45, 7) is 0.744. The van der Waals surface area contributed by atoms with Gasteiger partial charge in [-0.05, 0) is 24.8 Å². The van der Waals surface area contributed by atoms with Crippen molar-refractivity contribution in [2.24, 2.45) is 0 Å². The van der Waals surface area contributed by atoms with Crippen LogP contribution in [-0.2, 0) is 6.42 Å². The van der Waals surface area contributed by atoms with Gasteiger partial charge in [0, 0.05) is 6.54 Å². The van der Waals surface area contributed by atoms with Gasteiger partial charge in [-0.25, -0.2) is 5.48 Å². The highest BCUT2D eigenvalue weighted by Gasteiger charge is 1.96. The Hall–Kier alpha value is -0.860. The molecule has 2 nitrogen and oxygen atoms in total. The monoisotopic (exact) mass is 361 g/mol. The van der Waals surface area contributed by atoms with E-state index >= 15 is 0 Å². The van der Waals surface area contributed by atoms with E-state index < -0.39 is 0 Å². The number of hydrogen-bond acceptors (Lipinski definition) is 2. The Balaban J connectivity index is 1.68. The Kier molecular flexibility index (Phi) is 16.9. The molecule has 1 aromatic rings. The van der Waals surface area contributed by atoms with E-state index in [4.69, 9.17) is 5.21 Å². The number of nitrogens with one attached hydrogen (secondary N) is 1. The summed E-state index contributed by atoms with van der Waals surface area (Å²) in [7, 11) is 0. The molecule has 150 valence electrons. The Morgan fingerprint density at radius 2 is 0.885 bits per heavy atom. The van der Waals surface area contributed by atoms with Crippen LogP contribution in [0.15, 0.2) is 30.3 Å². The molecule has 2 heteroatoms. The van der Waals surface area contributed by atoms with Crippen LogP contribution in [0.2, 0.25) is 0 Å². The van der Waals surface area contributed by atoms with Crippen LogP contribution in [0.25, 0.3) is 0 Å². The summed E-state index contributed by atoms with van der Waals surface area (Å²) in [5.41, 5.74) is 3.72. The average Bonchev–Trinajstić information content (AvgIpc) is 2.68. The molecule has 0 amide bonds. The summed E-state index contributed by atoms with van der Waals surface area (Å²) >= 11 is 0. The normalized spacial score (nSPS) is 11.1. The summed E-state index contributed by atoms with van der Waals surface area (Å²) < 4.78 is 0. The second-order valence-corrected chi connectivity index (χ2v) is 7.80. The Morgan fingerprint density at radius 3 is 1.31 bits per heavy atom. The van der Waals surface area contributed by atoms with Gasteiger partial charge in [-0.15, -0.1) is 0 Å². The van der Waals surface area contributed by atoms with Gasteiger partial charge in [0.2, 0.25) is 0 Å². The second-order valence-electron chi connectivity index (χ2n) is 7.80. The minimum atomic E-state index is 0.744. The van der Waals surface area contributed by atoms with Crippen molar-refractivity contribution in [1.82, 2.24) is 5.48 Å². The molecule has 0 spiro atoms. The second kappa shape index (κ2) is 18.9. The van der Waals surface area contributed by atoms with Crippen molar-refractivity contribution in [3.05, 3.63) is 35.9 Å². The molecule has 0 atom stereocenters. The van der Waals surface area contributed by atoms with Gasteiger partial charge in [0.15, 0.2) is 0 Å². The summed E-state index contributed by atoms with van der Waals surface area (Å²) in [6, 6.07) is 10.9. The SMILES string of the molecule is ONCCCCCCCCCCCCCCCCCCc1ccccc1. The van der Waals surface area contributed by atoms with Crippen molar-refractivity contribution < 1.29 is 5.21 Å². The van der Waals surface area contributed by atoms with Gasteiger partial charge in [0.1, 0.15) is 0 Å². The highest BCUT2D eigenvalue weighted by Crippen LogP contribution is 2.14. The molecule has 1 rings (SSSR count). The zero-order valence-electron chi connectivity index (χ0n) is 17.1. The molecule has 0 aromatic heterocycles. The minimum Gasteiger partial charge on any atom is -0.317 e. The molecule has 2 N–H and O–H groups in total. The van der Waals surface area contributed by atoms with Gasteiger partial charge in [0.05, 0.1) is 0 Å². The number of hydrogen-bond donors (Lipinski definition) is 2. The van der Waals surface area contributed by atoms with Gasteiger partial charge in [-0.1, -0.05) is 120 Å². The lowest BCUT2D eigenvalue weighted by Crippen LogP contribution is -2.07. The molecule has 1 aromatic carbocycles. The first-order valence-electron chi connectivity index (χ1n) is 11.3. The highest BCUT2D eigenvalue weighted by molar-refractivity contribution is 5.14. The fourth-order valence-corrected chi connectivity index (χ4v) is 3.65. The van der Waals surface area contributed by atoms with Crippen molar-refractivity contribution in [2.75, 3.05) is 6.54 Å². The molecule has 0 saturated carbocycles. The van der Waals surface area contributed by atoms with Gasteiger partial charge >= 0.3 is 0 Å². The summed E-state index contributed by atoms with van der Waals surface area (Å²) in [4.78, 5) is 0. The number of hydroxylamine groups is 1. The first-order chi connectivity index (χ1) is 12.9. The Bertz CT molecular complexity index is 379. The average molecular weight is 362 g/mol. The largest absolute Gasteiger partial charge is 0.317 e. The molecule has 0 saturated heterocycles. The van der Waals surface area contributed by atoms with E-state index in [0.29, 0.717) is 0 Å². The third-order valence-electron chi connectivity index (χ3n) is 5.35. The molecule has 0 bridgehead atoms. The van der Waals surface area contributed by atoms with Gasteiger partial charge < -0.3 is 5.21 Å². The molecule has 0 aliphatic rings. The molecule has 0 unspecified atom stereocenters.